The van der Waals surface area contributed by atoms with E-state index in [0.717, 1.165) is 11.4 Å². The summed E-state index contributed by atoms with van der Waals surface area (Å²) in [7, 11) is 1.55. The molecule has 15 heavy (non-hydrogen) atoms. The lowest BCUT2D eigenvalue weighted by molar-refractivity contribution is 0.152. The summed E-state index contributed by atoms with van der Waals surface area (Å²) in [5.74, 6) is 0. The van der Waals surface area contributed by atoms with Gasteiger partial charge in [0.25, 0.3) is 0 Å². The van der Waals surface area contributed by atoms with Gasteiger partial charge in [-0.3, -0.25) is 4.68 Å². The highest BCUT2D eigenvalue weighted by atomic mass is 16.4. The molecule has 0 spiro atoms. The summed E-state index contributed by atoms with van der Waals surface area (Å²) in [6.45, 7) is 6.32. The van der Waals surface area contributed by atoms with Crippen molar-refractivity contribution in [2.75, 3.05) is 7.05 Å². The van der Waals surface area contributed by atoms with Crippen molar-refractivity contribution in [1.29, 1.82) is 0 Å². The van der Waals surface area contributed by atoms with E-state index < -0.39 is 6.09 Å². The Bertz CT molecular complexity index is 358. The second kappa shape index (κ2) is 4.33. The molecule has 0 bridgehead atoms. The van der Waals surface area contributed by atoms with Crippen molar-refractivity contribution in [3.8, 4) is 0 Å². The third-order valence-electron chi connectivity index (χ3n) is 2.15. The van der Waals surface area contributed by atoms with Crippen molar-refractivity contribution in [1.82, 2.24) is 14.7 Å². The molecule has 84 valence electrons. The summed E-state index contributed by atoms with van der Waals surface area (Å²) in [6, 6.07) is 2.16. The molecule has 1 N–H and O–H groups in total. The average molecular weight is 211 g/mol. The number of aromatic nitrogens is 2. The van der Waals surface area contributed by atoms with Gasteiger partial charge in [0, 0.05) is 13.1 Å². The molecule has 1 aromatic heterocycles. The topological polar surface area (TPSA) is 58.4 Å². The third kappa shape index (κ3) is 2.71. The fraction of sp³-hybridized carbons (Fsp3) is 0.600. The van der Waals surface area contributed by atoms with Gasteiger partial charge >= 0.3 is 6.09 Å². The van der Waals surface area contributed by atoms with Crippen LogP contribution in [0.3, 0.4) is 0 Å². The Kier molecular flexibility index (Phi) is 3.34. The van der Waals surface area contributed by atoms with E-state index in [2.05, 4.69) is 5.10 Å². The molecule has 0 saturated heterocycles. The van der Waals surface area contributed by atoms with Crippen LogP contribution in [0.15, 0.2) is 6.07 Å². The van der Waals surface area contributed by atoms with Crippen molar-refractivity contribution in [2.45, 2.75) is 33.4 Å². The van der Waals surface area contributed by atoms with Gasteiger partial charge in [0.2, 0.25) is 0 Å². The Balaban J connectivity index is 2.88. The van der Waals surface area contributed by atoms with E-state index in [1.165, 1.54) is 4.90 Å². The van der Waals surface area contributed by atoms with Crippen LogP contribution in [-0.2, 0) is 6.54 Å². The number of aryl methyl sites for hydroxylation is 1. The normalized spacial score (nSPS) is 10.7. The van der Waals surface area contributed by atoms with Crippen LogP contribution in [0, 0.1) is 6.92 Å². The maximum Gasteiger partial charge on any atom is 0.407 e. The fourth-order valence-corrected chi connectivity index (χ4v) is 1.45. The maximum absolute atomic E-state index is 10.7. The molecule has 0 saturated carbocycles. The third-order valence-corrected chi connectivity index (χ3v) is 2.15. The van der Waals surface area contributed by atoms with Crippen LogP contribution in [0.2, 0.25) is 0 Å². The van der Waals surface area contributed by atoms with Crippen molar-refractivity contribution in [3.63, 3.8) is 0 Å². The summed E-state index contributed by atoms with van der Waals surface area (Å²) < 4.78 is 1.86. The lowest BCUT2D eigenvalue weighted by Crippen LogP contribution is -2.25. The van der Waals surface area contributed by atoms with Gasteiger partial charge in [0.15, 0.2) is 0 Å². The number of carbonyl (C=O) groups is 1. The largest absolute Gasteiger partial charge is 0.465 e. The molecular formula is C10H17N3O2. The van der Waals surface area contributed by atoms with E-state index in [1.54, 1.807) is 7.05 Å². The Morgan fingerprint density at radius 3 is 2.73 bits per heavy atom. The van der Waals surface area contributed by atoms with Crippen LogP contribution in [-0.4, -0.2) is 32.9 Å². The van der Waals surface area contributed by atoms with Crippen LogP contribution in [0.25, 0.3) is 0 Å². The summed E-state index contributed by atoms with van der Waals surface area (Å²) in [5, 5.41) is 13.1. The van der Waals surface area contributed by atoms with E-state index in [4.69, 9.17) is 5.11 Å². The van der Waals surface area contributed by atoms with Crippen molar-refractivity contribution >= 4 is 6.09 Å². The first-order valence-electron chi connectivity index (χ1n) is 4.91. The van der Waals surface area contributed by atoms with Gasteiger partial charge in [0.1, 0.15) is 0 Å². The van der Waals surface area contributed by atoms with E-state index in [-0.39, 0.29) is 6.04 Å². The highest BCUT2D eigenvalue weighted by molar-refractivity contribution is 5.64. The van der Waals surface area contributed by atoms with Gasteiger partial charge in [-0.1, -0.05) is 0 Å². The van der Waals surface area contributed by atoms with Crippen molar-refractivity contribution in [3.05, 3.63) is 17.5 Å². The zero-order chi connectivity index (χ0) is 11.6. The lowest BCUT2D eigenvalue weighted by Gasteiger charge is -2.15. The van der Waals surface area contributed by atoms with E-state index in [0.29, 0.717) is 6.54 Å². The molecule has 5 nitrogen and oxygen atoms in total. The monoisotopic (exact) mass is 211 g/mol. The number of carboxylic acid groups (broad SMARTS) is 1. The molecule has 5 heteroatoms. The molecule has 0 aliphatic rings. The first-order valence-corrected chi connectivity index (χ1v) is 4.91. The number of nitrogens with zero attached hydrogens (tertiary/aromatic N) is 3. The molecule has 1 aromatic rings. The number of hydrogen-bond donors (Lipinski definition) is 1. The van der Waals surface area contributed by atoms with Gasteiger partial charge < -0.3 is 10.0 Å². The molecule has 0 fully saturated rings. The summed E-state index contributed by atoms with van der Waals surface area (Å²) >= 11 is 0. The minimum Gasteiger partial charge on any atom is -0.465 e. The quantitative estimate of drug-likeness (QED) is 0.830. The summed E-state index contributed by atoms with van der Waals surface area (Å²) in [5.41, 5.74) is 1.84. The number of hydrogen-bond acceptors (Lipinski definition) is 2. The summed E-state index contributed by atoms with van der Waals surface area (Å²) in [4.78, 5) is 11.9. The molecule has 1 heterocycles. The fourth-order valence-electron chi connectivity index (χ4n) is 1.45. The first-order chi connectivity index (χ1) is 6.91. The van der Waals surface area contributed by atoms with Crippen LogP contribution in [0.5, 0.6) is 0 Å². The molecule has 0 unspecified atom stereocenters. The first kappa shape index (κ1) is 11.6. The Labute approximate surface area is 89.3 Å². The van der Waals surface area contributed by atoms with E-state index in [1.807, 2.05) is 31.5 Å². The Morgan fingerprint density at radius 2 is 2.27 bits per heavy atom. The second-order valence-electron chi connectivity index (χ2n) is 3.95. The molecular weight excluding hydrogens is 194 g/mol. The lowest BCUT2D eigenvalue weighted by atomic mass is 10.3. The summed E-state index contributed by atoms with van der Waals surface area (Å²) in [6.07, 6.45) is -0.927. The predicted octanol–water partition coefficient (Wildman–Crippen LogP) is 1.88. The molecule has 0 aliphatic carbocycles. The SMILES string of the molecule is Cc1cc(CN(C)C(=O)O)n(C(C)C)n1. The number of amides is 1. The Hall–Kier alpha value is -1.52. The van der Waals surface area contributed by atoms with E-state index >= 15 is 0 Å². The van der Waals surface area contributed by atoms with Gasteiger partial charge in [0.05, 0.1) is 17.9 Å². The van der Waals surface area contributed by atoms with Crippen LogP contribution >= 0.6 is 0 Å². The molecule has 1 rings (SSSR count). The molecule has 0 aromatic carbocycles. The minimum absolute atomic E-state index is 0.246. The number of rotatable bonds is 3. The van der Waals surface area contributed by atoms with Gasteiger partial charge in [-0.25, -0.2) is 4.79 Å². The molecule has 1 amide bonds. The Morgan fingerprint density at radius 1 is 1.67 bits per heavy atom. The van der Waals surface area contributed by atoms with Gasteiger partial charge in [-0.05, 0) is 26.8 Å². The van der Waals surface area contributed by atoms with Crippen LogP contribution in [0.4, 0.5) is 4.79 Å². The predicted molar refractivity (Wildman–Crippen MR) is 56.8 cm³/mol. The molecule has 0 radical (unpaired) electrons. The standard InChI is InChI=1S/C10H17N3O2/c1-7(2)13-9(5-8(3)11-13)6-12(4)10(14)15/h5,7H,6H2,1-4H3,(H,14,15). The minimum atomic E-state index is -0.927. The van der Waals surface area contributed by atoms with Crippen molar-refractivity contribution in [2.24, 2.45) is 0 Å². The zero-order valence-corrected chi connectivity index (χ0v) is 9.56. The molecule has 0 atom stereocenters. The van der Waals surface area contributed by atoms with Crippen molar-refractivity contribution < 1.29 is 9.90 Å². The maximum atomic E-state index is 10.7. The van der Waals surface area contributed by atoms with Crippen LogP contribution in [0.1, 0.15) is 31.3 Å². The zero-order valence-electron chi connectivity index (χ0n) is 9.56. The second-order valence-corrected chi connectivity index (χ2v) is 3.95. The smallest absolute Gasteiger partial charge is 0.407 e. The average Bonchev–Trinajstić information content (AvgIpc) is 2.46. The van der Waals surface area contributed by atoms with Gasteiger partial charge in [-0.2, -0.15) is 5.10 Å². The highest BCUT2D eigenvalue weighted by Gasteiger charge is 2.13. The van der Waals surface area contributed by atoms with Gasteiger partial charge in [-0.15, -0.1) is 0 Å². The molecule has 0 aliphatic heterocycles. The van der Waals surface area contributed by atoms with E-state index in [9.17, 15) is 4.79 Å². The van der Waals surface area contributed by atoms with Crippen LogP contribution < -0.4 is 0 Å². The highest BCUT2D eigenvalue weighted by Crippen LogP contribution is 2.12.